The van der Waals surface area contributed by atoms with Gasteiger partial charge in [0.15, 0.2) is 0 Å². The molecule has 1 fully saturated rings. The van der Waals surface area contributed by atoms with Crippen molar-refractivity contribution >= 4 is 6.09 Å². The molecule has 21 heavy (non-hydrogen) atoms. The average Bonchev–Trinajstić information content (AvgIpc) is 2.85. The van der Waals surface area contributed by atoms with Gasteiger partial charge < -0.3 is 19.5 Å². The van der Waals surface area contributed by atoms with Crippen molar-refractivity contribution in [2.75, 3.05) is 6.54 Å². The standard InChI is InChI=1S/C15H24N2O4/c1-15(2,3)12-7-10(4-5-17(12)14(19)20)6-11-8-16-13(9-18)21-11/h8,10,12,18H,4-7,9H2,1-3H3,(H,19,20). The Bertz CT molecular complexity index is 492. The van der Waals surface area contributed by atoms with E-state index in [2.05, 4.69) is 25.8 Å². The Kier molecular flexibility index (Phi) is 4.56. The van der Waals surface area contributed by atoms with Crippen LogP contribution in [0.5, 0.6) is 0 Å². The molecule has 1 aliphatic rings. The van der Waals surface area contributed by atoms with Crippen LogP contribution in [0.15, 0.2) is 10.6 Å². The molecule has 6 heteroatoms. The van der Waals surface area contributed by atoms with E-state index in [1.54, 1.807) is 11.1 Å². The fourth-order valence-electron chi connectivity index (χ4n) is 3.07. The molecule has 1 aromatic heterocycles. The summed E-state index contributed by atoms with van der Waals surface area (Å²) in [6.45, 7) is 6.60. The van der Waals surface area contributed by atoms with Crippen LogP contribution in [0.25, 0.3) is 0 Å². The quantitative estimate of drug-likeness (QED) is 0.895. The van der Waals surface area contributed by atoms with Crippen molar-refractivity contribution < 1.29 is 19.4 Å². The van der Waals surface area contributed by atoms with Crippen molar-refractivity contribution in [3.05, 3.63) is 17.8 Å². The predicted molar refractivity (Wildman–Crippen MR) is 76.8 cm³/mol. The minimum Gasteiger partial charge on any atom is -0.465 e. The van der Waals surface area contributed by atoms with Crippen LogP contribution in [-0.2, 0) is 13.0 Å². The minimum atomic E-state index is -0.837. The van der Waals surface area contributed by atoms with Crippen LogP contribution < -0.4 is 0 Å². The molecule has 2 atom stereocenters. The third-order valence-corrected chi connectivity index (χ3v) is 4.18. The first-order valence-electron chi connectivity index (χ1n) is 7.35. The van der Waals surface area contributed by atoms with Crippen molar-refractivity contribution in [3.8, 4) is 0 Å². The van der Waals surface area contributed by atoms with Gasteiger partial charge in [0, 0.05) is 19.0 Å². The Hall–Kier alpha value is -1.56. The van der Waals surface area contributed by atoms with Gasteiger partial charge in [-0.2, -0.15) is 0 Å². The predicted octanol–water partition coefficient (Wildman–Crippen LogP) is 2.51. The number of aliphatic hydroxyl groups is 1. The Balaban J connectivity index is 2.05. The van der Waals surface area contributed by atoms with Gasteiger partial charge in [-0.15, -0.1) is 0 Å². The number of hydrogen-bond donors (Lipinski definition) is 2. The summed E-state index contributed by atoms with van der Waals surface area (Å²) in [6.07, 6.45) is 3.21. The highest BCUT2D eigenvalue weighted by Gasteiger charge is 2.38. The van der Waals surface area contributed by atoms with E-state index in [1.165, 1.54) is 0 Å². The summed E-state index contributed by atoms with van der Waals surface area (Å²) in [5, 5.41) is 18.3. The number of oxazole rings is 1. The summed E-state index contributed by atoms with van der Waals surface area (Å²) < 4.78 is 5.44. The number of hydrogen-bond acceptors (Lipinski definition) is 4. The number of aromatic nitrogens is 1. The summed E-state index contributed by atoms with van der Waals surface area (Å²) in [5.41, 5.74) is -0.0886. The molecule has 2 N–H and O–H groups in total. The van der Waals surface area contributed by atoms with Crippen LogP contribution in [0.4, 0.5) is 4.79 Å². The maximum absolute atomic E-state index is 11.4. The first-order valence-corrected chi connectivity index (χ1v) is 7.35. The second-order valence-electron chi connectivity index (χ2n) is 6.83. The minimum absolute atomic E-state index is 0.00832. The first-order chi connectivity index (χ1) is 9.81. The molecule has 1 aliphatic heterocycles. The molecule has 1 saturated heterocycles. The lowest BCUT2D eigenvalue weighted by Gasteiger charge is -2.44. The second kappa shape index (κ2) is 6.05. The highest BCUT2D eigenvalue weighted by Crippen LogP contribution is 2.35. The maximum Gasteiger partial charge on any atom is 0.407 e. The molecule has 6 nitrogen and oxygen atoms in total. The van der Waals surface area contributed by atoms with Crippen LogP contribution in [0.3, 0.4) is 0 Å². The molecule has 0 spiro atoms. The number of nitrogens with zero attached hydrogens (tertiary/aromatic N) is 2. The first kappa shape index (κ1) is 15.8. The molecule has 2 unspecified atom stereocenters. The van der Waals surface area contributed by atoms with E-state index in [9.17, 15) is 9.90 Å². The molecule has 2 heterocycles. The molecular formula is C15H24N2O4. The zero-order valence-electron chi connectivity index (χ0n) is 12.9. The third kappa shape index (κ3) is 3.75. The van der Waals surface area contributed by atoms with Crippen LogP contribution in [-0.4, -0.2) is 38.8 Å². The van der Waals surface area contributed by atoms with E-state index in [-0.39, 0.29) is 18.1 Å². The summed E-state index contributed by atoms with van der Waals surface area (Å²) >= 11 is 0. The Morgan fingerprint density at radius 1 is 1.52 bits per heavy atom. The van der Waals surface area contributed by atoms with Crippen LogP contribution >= 0.6 is 0 Å². The van der Waals surface area contributed by atoms with Gasteiger partial charge in [0.1, 0.15) is 12.4 Å². The summed E-state index contributed by atoms with van der Waals surface area (Å²) in [7, 11) is 0. The maximum atomic E-state index is 11.4. The summed E-state index contributed by atoms with van der Waals surface area (Å²) in [6, 6.07) is 0.00832. The largest absolute Gasteiger partial charge is 0.465 e. The van der Waals surface area contributed by atoms with E-state index in [0.29, 0.717) is 18.4 Å². The smallest absolute Gasteiger partial charge is 0.407 e. The number of amides is 1. The molecule has 0 bridgehead atoms. The fraction of sp³-hybridized carbons (Fsp3) is 0.733. The van der Waals surface area contributed by atoms with Crippen molar-refractivity contribution in [2.45, 2.75) is 52.7 Å². The van der Waals surface area contributed by atoms with Gasteiger partial charge in [-0.25, -0.2) is 9.78 Å². The van der Waals surface area contributed by atoms with Crippen molar-refractivity contribution in [1.29, 1.82) is 0 Å². The van der Waals surface area contributed by atoms with Gasteiger partial charge in [0.05, 0.1) is 6.20 Å². The summed E-state index contributed by atoms with van der Waals surface area (Å²) in [5.74, 6) is 1.48. The van der Waals surface area contributed by atoms with E-state index in [1.807, 2.05) is 0 Å². The van der Waals surface area contributed by atoms with E-state index in [4.69, 9.17) is 9.52 Å². The number of aliphatic hydroxyl groups excluding tert-OH is 1. The highest BCUT2D eigenvalue weighted by atomic mass is 16.4. The molecule has 1 aromatic rings. The van der Waals surface area contributed by atoms with Crippen molar-refractivity contribution in [2.24, 2.45) is 11.3 Å². The molecule has 0 radical (unpaired) electrons. The average molecular weight is 296 g/mol. The van der Waals surface area contributed by atoms with Gasteiger partial charge >= 0.3 is 6.09 Å². The Morgan fingerprint density at radius 2 is 2.24 bits per heavy atom. The third-order valence-electron chi connectivity index (χ3n) is 4.18. The number of likely N-dealkylation sites (tertiary alicyclic amines) is 1. The molecule has 0 saturated carbocycles. The van der Waals surface area contributed by atoms with Crippen LogP contribution in [0, 0.1) is 11.3 Å². The monoisotopic (exact) mass is 296 g/mol. The fourth-order valence-corrected chi connectivity index (χ4v) is 3.07. The molecule has 0 aromatic carbocycles. The Morgan fingerprint density at radius 3 is 2.76 bits per heavy atom. The SMILES string of the molecule is CC(C)(C)C1CC(Cc2cnc(CO)o2)CCN1C(=O)O. The Labute approximate surface area is 124 Å². The number of piperidine rings is 1. The lowest BCUT2D eigenvalue weighted by molar-refractivity contribution is 0.0397. The number of carbonyl (C=O) groups is 1. The molecule has 118 valence electrons. The second-order valence-corrected chi connectivity index (χ2v) is 6.83. The highest BCUT2D eigenvalue weighted by molar-refractivity contribution is 5.65. The molecule has 1 amide bonds. The zero-order valence-corrected chi connectivity index (χ0v) is 12.9. The van der Waals surface area contributed by atoms with Gasteiger partial charge in [0.25, 0.3) is 0 Å². The van der Waals surface area contributed by atoms with E-state index < -0.39 is 6.09 Å². The van der Waals surface area contributed by atoms with Crippen molar-refractivity contribution in [1.82, 2.24) is 9.88 Å². The normalized spacial score (nSPS) is 23.3. The van der Waals surface area contributed by atoms with Gasteiger partial charge in [-0.05, 0) is 24.2 Å². The van der Waals surface area contributed by atoms with Crippen molar-refractivity contribution in [3.63, 3.8) is 0 Å². The molecule has 0 aliphatic carbocycles. The van der Waals surface area contributed by atoms with Gasteiger partial charge in [-0.3, -0.25) is 0 Å². The number of carboxylic acid groups (broad SMARTS) is 1. The van der Waals surface area contributed by atoms with Crippen LogP contribution in [0.1, 0.15) is 45.3 Å². The topological polar surface area (TPSA) is 86.8 Å². The zero-order chi connectivity index (χ0) is 15.6. The van der Waals surface area contributed by atoms with Gasteiger partial charge in [0.2, 0.25) is 5.89 Å². The molecular weight excluding hydrogens is 272 g/mol. The summed E-state index contributed by atoms with van der Waals surface area (Å²) in [4.78, 5) is 16.9. The van der Waals surface area contributed by atoms with Gasteiger partial charge in [-0.1, -0.05) is 20.8 Å². The van der Waals surface area contributed by atoms with E-state index >= 15 is 0 Å². The lowest BCUT2D eigenvalue weighted by atomic mass is 9.76. The lowest BCUT2D eigenvalue weighted by Crippen LogP contribution is -2.51. The van der Waals surface area contributed by atoms with E-state index in [0.717, 1.165) is 25.0 Å². The van der Waals surface area contributed by atoms with Crippen LogP contribution in [0.2, 0.25) is 0 Å². The molecule has 2 rings (SSSR count). The number of rotatable bonds is 3.